The summed E-state index contributed by atoms with van der Waals surface area (Å²) in [6.07, 6.45) is 3.43. The highest BCUT2D eigenvalue weighted by Crippen LogP contribution is 2.70. The zero-order valence-corrected chi connectivity index (χ0v) is 16.5. The zero-order valence-electron chi connectivity index (χ0n) is 16.5. The van der Waals surface area contributed by atoms with Crippen molar-refractivity contribution in [3.63, 3.8) is 0 Å². The first-order valence-corrected chi connectivity index (χ1v) is 10.1. The van der Waals surface area contributed by atoms with Gasteiger partial charge in [-0.05, 0) is 48.0 Å². The van der Waals surface area contributed by atoms with Gasteiger partial charge in [0, 0.05) is 24.6 Å². The number of benzene rings is 1. The molecule has 5 nitrogen and oxygen atoms in total. The summed E-state index contributed by atoms with van der Waals surface area (Å²) in [5.74, 6) is 1.78. The number of rotatable bonds is 5. The third kappa shape index (κ3) is 2.78. The van der Waals surface area contributed by atoms with Gasteiger partial charge in [0.25, 0.3) is 0 Å². The Morgan fingerprint density at radius 2 is 2.15 bits per heavy atom. The first-order chi connectivity index (χ1) is 12.9. The summed E-state index contributed by atoms with van der Waals surface area (Å²) in [7, 11) is 1.71. The van der Waals surface area contributed by atoms with Gasteiger partial charge < -0.3 is 19.9 Å². The Labute approximate surface area is 161 Å². The molecule has 0 unspecified atom stereocenters. The minimum atomic E-state index is -0.105. The summed E-state index contributed by atoms with van der Waals surface area (Å²) in [5.41, 5.74) is 1.24. The molecule has 5 heteroatoms. The van der Waals surface area contributed by atoms with Crippen LogP contribution in [0.1, 0.15) is 51.2 Å². The molecule has 2 saturated carbocycles. The lowest BCUT2D eigenvalue weighted by Crippen LogP contribution is -2.59. The summed E-state index contributed by atoms with van der Waals surface area (Å²) < 4.78 is 11.9. The molecule has 148 valence electrons. The molecule has 2 bridgehead atoms. The van der Waals surface area contributed by atoms with Gasteiger partial charge in [-0.3, -0.25) is 4.79 Å². The second kappa shape index (κ2) is 6.78. The normalized spacial score (nSPS) is 36.3. The van der Waals surface area contributed by atoms with Crippen LogP contribution in [-0.4, -0.2) is 37.4 Å². The third-order valence-corrected chi connectivity index (χ3v) is 7.59. The Hall–Kier alpha value is -1.59. The van der Waals surface area contributed by atoms with Crippen LogP contribution in [0.25, 0.3) is 0 Å². The molecule has 4 rings (SSSR count). The molecule has 0 aromatic heterocycles. The van der Waals surface area contributed by atoms with E-state index in [2.05, 4.69) is 25.2 Å². The van der Waals surface area contributed by atoms with Crippen LogP contribution in [0, 0.1) is 22.7 Å². The van der Waals surface area contributed by atoms with E-state index in [1.807, 2.05) is 18.2 Å². The second-order valence-corrected chi connectivity index (χ2v) is 9.06. The number of nitrogens with one attached hydrogen (secondary N) is 1. The molecule has 3 aliphatic rings. The summed E-state index contributed by atoms with van der Waals surface area (Å²) >= 11 is 0. The fraction of sp³-hybridized carbons (Fsp3) is 0.682. The van der Waals surface area contributed by atoms with Crippen LogP contribution in [0.2, 0.25) is 0 Å². The molecule has 1 spiro atoms. The standard InChI is InChI=1S/C22H31NO4/c1-21(2)14-12-16-19(15-6-4-5-7-17(15)26-3)27-11-9-22(16,13-14)20(21)23-18(25)8-10-24/h4-7,14,16,19-20,24H,8-13H2,1-3H3,(H,23,25)/t14-,16-,19-,20-,22-/m1/s1. The number of para-hydroxylation sites is 1. The Bertz CT molecular complexity index is 718. The maximum absolute atomic E-state index is 12.4. The Balaban J connectivity index is 1.69. The number of aliphatic hydroxyl groups excluding tert-OH is 1. The largest absolute Gasteiger partial charge is 0.496 e. The van der Waals surface area contributed by atoms with Crippen molar-refractivity contribution in [3.8, 4) is 5.75 Å². The lowest BCUT2D eigenvalue weighted by Gasteiger charge is -2.53. The van der Waals surface area contributed by atoms with Crippen LogP contribution in [0.5, 0.6) is 5.75 Å². The molecule has 2 N–H and O–H groups in total. The number of aliphatic hydroxyl groups is 1. The van der Waals surface area contributed by atoms with E-state index in [0.717, 1.165) is 30.6 Å². The first-order valence-electron chi connectivity index (χ1n) is 10.1. The predicted octanol–water partition coefficient (Wildman–Crippen LogP) is 3.08. The summed E-state index contributed by atoms with van der Waals surface area (Å²) in [6, 6.07) is 8.26. The molecule has 1 aromatic rings. The van der Waals surface area contributed by atoms with Crippen molar-refractivity contribution in [1.29, 1.82) is 0 Å². The number of hydrogen-bond donors (Lipinski definition) is 2. The number of methoxy groups -OCH3 is 1. The Morgan fingerprint density at radius 3 is 2.89 bits per heavy atom. The maximum atomic E-state index is 12.4. The number of hydrogen-bond acceptors (Lipinski definition) is 4. The van der Waals surface area contributed by atoms with Crippen LogP contribution in [-0.2, 0) is 9.53 Å². The SMILES string of the molecule is COc1ccccc1[C@H]1OCC[C@@]23C[C@@H](C[C@H]12)C(C)(C)[C@H]3NC(=O)CCO. The molecule has 1 heterocycles. The van der Waals surface area contributed by atoms with Gasteiger partial charge in [0.15, 0.2) is 0 Å². The molecule has 3 fully saturated rings. The van der Waals surface area contributed by atoms with Crippen LogP contribution in [0.15, 0.2) is 24.3 Å². The first kappa shape index (κ1) is 18.8. The van der Waals surface area contributed by atoms with E-state index in [0.29, 0.717) is 18.4 Å². The Kier molecular flexibility index (Phi) is 4.71. The molecule has 1 amide bonds. The molecule has 1 aliphatic heterocycles. The molecular formula is C22H31NO4. The van der Waals surface area contributed by atoms with Crippen LogP contribution in [0.3, 0.4) is 0 Å². The van der Waals surface area contributed by atoms with Crippen LogP contribution in [0.4, 0.5) is 0 Å². The highest BCUT2D eigenvalue weighted by Gasteiger charge is 2.68. The van der Waals surface area contributed by atoms with E-state index in [9.17, 15) is 4.79 Å². The van der Waals surface area contributed by atoms with Crippen LogP contribution >= 0.6 is 0 Å². The van der Waals surface area contributed by atoms with Gasteiger partial charge in [0.05, 0.1) is 19.8 Å². The van der Waals surface area contributed by atoms with Crippen molar-refractivity contribution in [2.45, 2.75) is 51.7 Å². The minimum Gasteiger partial charge on any atom is -0.496 e. The topological polar surface area (TPSA) is 67.8 Å². The van der Waals surface area contributed by atoms with E-state index in [-0.39, 0.29) is 41.9 Å². The smallest absolute Gasteiger partial charge is 0.222 e. The highest BCUT2D eigenvalue weighted by atomic mass is 16.5. The number of carbonyl (C=O) groups is 1. The van der Waals surface area contributed by atoms with Gasteiger partial charge in [-0.15, -0.1) is 0 Å². The molecule has 1 saturated heterocycles. The van der Waals surface area contributed by atoms with Gasteiger partial charge in [-0.25, -0.2) is 0 Å². The summed E-state index contributed by atoms with van der Waals surface area (Å²) in [6.45, 7) is 5.18. The molecule has 1 aromatic carbocycles. The zero-order chi connectivity index (χ0) is 19.2. The lowest BCUT2D eigenvalue weighted by molar-refractivity contribution is -0.137. The quantitative estimate of drug-likeness (QED) is 0.832. The van der Waals surface area contributed by atoms with Crippen molar-refractivity contribution >= 4 is 5.91 Å². The van der Waals surface area contributed by atoms with Crippen LogP contribution < -0.4 is 10.1 Å². The van der Waals surface area contributed by atoms with Crippen molar-refractivity contribution in [3.05, 3.63) is 29.8 Å². The summed E-state index contributed by atoms with van der Waals surface area (Å²) in [5, 5.41) is 12.5. The molecule has 2 aliphatic carbocycles. The maximum Gasteiger partial charge on any atom is 0.222 e. The molecule has 27 heavy (non-hydrogen) atoms. The lowest BCUT2D eigenvalue weighted by atomic mass is 9.58. The number of ether oxygens (including phenoxy) is 2. The van der Waals surface area contributed by atoms with E-state index in [1.54, 1.807) is 7.11 Å². The number of fused-ring (bicyclic) bond motifs is 1. The average Bonchev–Trinajstić information content (AvgIpc) is 3.14. The van der Waals surface area contributed by atoms with E-state index < -0.39 is 0 Å². The average molecular weight is 373 g/mol. The van der Waals surface area contributed by atoms with E-state index in [1.165, 1.54) is 0 Å². The van der Waals surface area contributed by atoms with E-state index >= 15 is 0 Å². The molecule has 5 atom stereocenters. The van der Waals surface area contributed by atoms with Gasteiger partial charge in [0.1, 0.15) is 5.75 Å². The molecular weight excluding hydrogens is 342 g/mol. The van der Waals surface area contributed by atoms with Crippen molar-refractivity contribution < 1.29 is 19.4 Å². The van der Waals surface area contributed by atoms with Gasteiger partial charge in [-0.1, -0.05) is 32.0 Å². The van der Waals surface area contributed by atoms with Crippen molar-refractivity contribution in [1.82, 2.24) is 5.32 Å². The van der Waals surface area contributed by atoms with Gasteiger partial charge in [-0.2, -0.15) is 0 Å². The fourth-order valence-electron chi connectivity index (χ4n) is 6.33. The summed E-state index contributed by atoms with van der Waals surface area (Å²) in [4.78, 5) is 12.4. The molecule has 0 radical (unpaired) electrons. The predicted molar refractivity (Wildman–Crippen MR) is 102 cm³/mol. The van der Waals surface area contributed by atoms with E-state index in [4.69, 9.17) is 14.6 Å². The minimum absolute atomic E-state index is 0.00763. The van der Waals surface area contributed by atoms with Gasteiger partial charge in [0.2, 0.25) is 5.91 Å². The van der Waals surface area contributed by atoms with Crippen molar-refractivity contribution in [2.24, 2.45) is 22.7 Å². The number of amides is 1. The monoisotopic (exact) mass is 373 g/mol. The second-order valence-electron chi connectivity index (χ2n) is 9.06. The number of carbonyl (C=O) groups excluding carboxylic acids is 1. The third-order valence-electron chi connectivity index (χ3n) is 7.59. The highest BCUT2D eigenvalue weighted by molar-refractivity contribution is 5.76. The van der Waals surface area contributed by atoms with Crippen molar-refractivity contribution in [2.75, 3.05) is 20.3 Å². The van der Waals surface area contributed by atoms with Gasteiger partial charge >= 0.3 is 0 Å². The fourth-order valence-corrected chi connectivity index (χ4v) is 6.33. The Morgan fingerprint density at radius 1 is 1.37 bits per heavy atom.